The monoisotopic (exact) mass is 247 g/mol. The Kier molecular flexibility index (Phi) is 5.00. The van der Waals surface area contributed by atoms with E-state index in [1.54, 1.807) is 0 Å². The third kappa shape index (κ3) is 3.74. The highest BCUT2D eigenvalue weighted by atomic mass is 28.3. The summed E-state index contributed by atoms with van der Waals surface area (Å²) in [5, 5.41) is 0. The van der Waals surface area contributed by atoms with Gasteiger partial charge in [-0.1, -0.05) is 52.5 Å². The topological polar surface area (TPSA) is 9.23 Å². The van der Waals surface area contributed by atoms with E-state index in [0.717, 1.165) is 11.3 Å². The molecule has 0 aliphatic carbocycles. The minimum Gasteiger partial charge on any atom is -0.541 e. The maximum atomic E-state index is 6.27. The molecule has 0 bridgehead atoms. The summed E-state index contributed by atoms with van der Waals surface area (Å²) in [6, 6.07) is 6.30. The van der Waals surface area contributed by atoms with Gasteiger partial charge in [0.25, 0.3) is 9.04 Å². The molecule has 0 amide bonds. The van der Waals surface area contributed by atoms with Gasteiger partial charge < -0.3 is 4.43 Å². The van der Waals surface area contributed by atoms with E-state index in [1.807, 2.05) is 6.08 Å². The van der Waals surface area contributed by atoms with Gasteiger partial charge in [-0.05, 0) is 29.6 Å². The Labute approximate surface area is 107 Å². The maximum Gasteiger partial charge on any atom is 0.286 e. The fourth-order valence-electron chi connectivity index (χ4n) is 1.93. The molecule has 0 heterocycles. The number of hydrogen-bond donors (Lipinski definition) is 0. The lowest BCUT2D eigenvalue weighted by molar-refractivity contribution is 0.534. The van der Waals surface area contributed by atoms with Crippen LogP contribution in [0.1, 0.15) is 38.8 Å². The summed E-state index contributed by atoms with van der Waals surface area (Å²) in [4.78, 5) is 0. The SMILES string of the molecule is C=Cc1ccc(C)cc1O[Si](C(C)C)C(C)C. The lowest BCUT2D eigenvalue weighted by Gasteiger charge is -2.24. The summed E-state index contributed by atoms with van der Waals surface area (Å²) in [5.74, 6) is 0.997. The van der Waals surface area contributed by atoms with E-state index in [0.29, 0.717) is 11.1 Å². The Morgan fingerprint density at radius 1 is 1.18 bits per heavy atom. The van der Waals surface area contributed by atoms with Gasteiger partial charge in [0.15, 0.2) is 0 Å². The van der Waals surface area contributed by atoms with Crippen LogP contribution in [0.4, 0.5) is 0 Å². The normalized spacial score (nSPS) is 11.3. The van der Waals surface area contributed by atoms with E-state index < -0.39 is 9.04 Å². The smallest absolute Gasteiger partial charge is 0.286 e. The molecule has 0 aliphatic heterocycles. The first kappa shape index (κ1) is 14.0. The van der Waals surface area contributed by atoms with E-state index in [1.165, 1.54) is 5.56 Å². The summed E-state index contributed by atoms with van der Waals surface area (Å²) in [5.41, 5.74) is 3.55. The maximum absolute atomic E-state index is 6.27. The average Bonchev–Trinajstić information content (AvgIpc) is 2.25. The minimum absolute atomic E-state index is 0.609. The molecule has 0 fully saturated rings. The zero-order chi connectivity index (χ0) is 13.0. The van der Waals surface area contributed by atoms with Gasteiger partial charge in [-0.25, -0.2) is 0 Å². The van der Waals surface area contributed by atoms with Crippen LogP contribution in [0.25, 0.3) is 6.08 Å². The highest BCUT2D eigenvalue weighted by molar-refractivity contribution is 6.55. The third-order valence-corrected chi connectivity index (χ3v) is 5.49. The predicted octanol–water partition coefficient (Wildman–Crippen LogP) is 4.83. The summed E-state index contributed by atoms with van der Waals surface area (Å²) in [6.07, 6.45) is 1.87. The van der Waals surface area contributed by atoms with Crippen LogP contribution in [0.3, 0.4) is 0 Å². The van der Waals surface area contributed by atoms with Gasteiger partial charge in [-0.15, -0.1) is 0 Å². The number of rotatable bonds is 5. The van der Waals surface area contributed by atoms with Crippen LogP contribution in [0.15, 0.2) is 24.8 Å². The molecular weight excluding hydrogens is 224 g/mol. The molecule has 2 heteroatoms. The van der Waals surface area contributed by atoms with Gasteiger partial charge in [0.1, 0.15) is 5.75 Å². The van der Waals surface area contributed by atoms with Gasteiger partial charge in [0.05, 0.1) is 0 Å². The molecule has 0 saturated heterocycles. The van der Waals surface area contributed by atoms with Crippen LogP contribution in [0.5, 0.6) is 5.75 Å². The van der Waals surface area contributed by atoms with Crippen molar-refractivity contribution in [3.05, 3.63) is 35.9 Å². The Hall–Kier alpha value is -1.02. The molecule has 0 aliphatic rings. The number of aryl methyl sites for hydroxylation is 1. The van der Waals surface area contributed by atoms with Crippen LogP contribution >= 0.6 is 0 Å². The molecule has 1 nitrogen and oxygen atoms in total. The highest BCUT2D eigenvalue weighted by Crippen LogP contribution is 2.28. The molecule has 17 heavy (non-hydrogen) atoms. The molecule has 1 rings (SSSR count). The van der Waals surface area contributed by atoms with Gasteiger partial charge >= 0.3 is 0 Å². The second kappa shape index (κ2) is 6.06. The van der Waals surface area contributed by atoms with E-state index in [4.69, 9.17) is 4.43 Å². The van der Waals surface area contributed by atoms with Crippen LogP contribution in [0.2, 0.25) is 11.1 Å². The van der Waals surface area contributed by atoms with Crippen LogP contribution in [-0.4, -0.2) is 9.04 Å². The van der Waals surface area contributed by atoms with Gasteiger partial charge in [0, 0.05) is 5.56 Å². The summed E-state index contributed by atoms with van der Waals surface area (Å²) >= 11 is 0. The van der Waals surface area contributed by atoms with Crippen molar-refractivity contribution in [1.82, 2.24) is 0 Å². The predicted molar refractivity (Wildman–Crippen MR) is 77.8 cm³/mol. The van der Waals surface area contributed by atoms with Crippen LogP contribution in [0, 0.1) is 6.92 Å². The second-order valence-corrected chi connectivity index (χ2v) is 8.38. The summed E-state index contributed by atoms with van der Waals surface area (Å²) in [7, 11) is -0.827. The van der Waals surface area contributed by atoms with E-state index in [-0.39, 0.29) is 0 Å². The standard InChI is InChI=1S/C15H23OSi/c1-7-14-9-8-13(6)10-15(14)16-17(11(2)3)12(4)5/h7-12H,1H2,2-6H3. The van der Waals surface area contributed by atoms with Crippen molar-refractivity contribution in [2.75, 3.05) is 0 Å². The van der Waals surface area contributed by atoms with Crippen molar-refractivity contribution in [3.8, 4) is 5.75 Å². The molecule has 1 aromatic rings. The first-order valence-electron chi connectivity index (χ1n) is 6.23. The van der Waals surface area contributed by atoms with E-state index >= 15 is 0 Å². The van der Waals surface area contributed by atoms with E-state index in [9.17, 15) is 0 Å². The fraction of sp³-hybridized carbons (Fsp3) is 0.467. The first-order chi connectivity index (χ1) is 7.95. The fourth-order valence-corrected chi connectivity index (χ4v) is 4.16. The van der Waals surface area contributed by atoms with Crippen molar-refractivity contribution < 1.29 is 4.43 Å². The van der Waals surface area contributed by atoms with Crippen LogP contribution < -0.4 is 4.43 Å². The zero-order valence-corrected chi connectivity index (χ0v) is 12.6. The van der Waals surface area contributed by atoms with Crippen LogP contribution in [-0.2, 0) is 0 Å². The van der Waals surface area contributed by atoms with E-state index in [2.05, 4.69) is 59.4 Å². The molecule has 0 aromatic heterocycles. The molecular formula is C15H23OSi. The van der Waals surface area contributed by atoms with Crippen molar-refractivity contribution in [1.29, 1.82) is 0 Å². The molecule has 1 aromatic carbocycles. The second-order valence-electron chi connectivity index (χ2n) is 5.06. The Bertz CT molecular complexity index is 375. The largest absolute Gasteiger partial charge is 0.541 e. The number of benzene rings is 1. The quantitative estimate of drug-likeness (QED) is 0.677. The molecule has 0 saturated carbocycles. The van der Waals surface area contributed by atoms with Crippen molar-refractivity contribution in [2.45, 2.75) is 45.7 Å². The summed E-state index contributed by atoms with van der Waals surface area (Å²) in [6.45, 7) is 14.9. The Morgan fingerprint density at radius 3 is 2.24 bits per heavy atom. The third-order valence-electron chi connectivity index (χ3n) is 2.75. The van der Waals surface area contributed by atoms with Crippen molar-refractivity contribution >= 4 is 15.1 Å². The Balaban J connectivity index is 2.99. The number of hydrogen-bond acceptors (Lipinski definition) is 1. The average molecular weight is 247 g/mol. The molecule has 0 unspecified atom stereocenters. The van der Waals surface area contributed by atoms with Crippen molar-refractivity contribution in [3.63, 3.8) is 0 Å². The highest BCUT2D eigenvalue weighted by Gasteiger charge is 2.24. The molecule has 0 N–H and O–H groups in total. The molecule has 1 radical (unpaired) electrons. The van der Waals surface area contributed by atoms with Crippen molar-refractivity contribution in [2.24, 2.45) is 0 Å². The molecule has 0 spiro atoms. The zero-order valence-electron chi connectivity index (χ0n) is 11.6. The van der Waals surface area contributed by atoms with Gasteiger partial charge in [0.2, 0.25) is 0 Å². The molecule has 0 atom stereocenters. The lowest BCUT2D eigenvalue weighted by atomic mass is 10.1. The molecule has 93 valence electrons. The minimum atomic E-state index is -0.827. The van der Waals surface area contributed by atoms with Gasteiger partial charge in [-0.2, -0.15) is 0 Å². The first-order valence-corrected chi connectivity index (χ1v) is 7.79. The Morgan fingerprint density at radius 2 is 1.76 bits per heavy atom. The lowest BCUT2D eigenvalue weighted by Crippen LogP contribution is -2.29. The summed E-state index contributed by atoms with van der Waals surface area (Å²) < 4.78 is 6.27. The van der Waals surface area contributed by atoms with Gasteiger partial charge in [-0.3, -0.25) is 0 Å².